The molecule has 0 saturated carbocycles. The van der Waals surface area contributed by atoms with E-state index in [4.69, 9.17) is 4.74 Å². The van der Waals surface area contributed by atoms with Gasteiger partial charge in [0.1, 0.15) is 11.9 Å². The van der Waals surface area contributed by atoms with Gasteiger partial charge in [0, 0.05) is 4.88 Å². The molecule has 0 spiro atoms. The Hall–Kier alpha value is -1.32. The van der Waals surface area contributed by atoms with Crippen LogP contribution in [-0.4, -0.2) is 12.2 Å². The van der Waals surface area contributed by atoms with Crippen molar-refractivity contribution in [2.75, 3.05) is 7.11 Å². The van der Waals surface area contributed by atoms with Gasteiger partial charge in [0.2, 0.25) is 0 Å². The minimum Gasteiger partial charge on any atom is -0.497 e. The fourth-order valence-corrected chi connectivity index (χ4v) is 3.10. The number of aryl methyl sites for hydroxylation is 2. The van der Waals surface area contributed by atoms with Gasteiger partial charge in [-0.3, -0.25) is 0 Å². The molecule has 1 N–H and O–H groups in total. The van der Waals surface area contributed by atoms with E-state index < -0.39 is 6.10 Å². The second kappa shape index (κ2) is 5.55. The van der Waals surface area contributed by atoms with Gasteiger partial charge in [0.15, 0.2) is 0 Å². The average molecular weight is 262 g/mol. The first-order valence-corrected chi connectivity index (χ1v) is 6.94. The van der Waals surface area contributed by atoms with Gasteiger partial charge >= 0.3 is 0 Å². The maximum absolute atomic E-state index is 10.5. The molecule has 0 aliphatic rings. The van der Waals surface area contributed by atoms with Gasteiger partial charge in [-0.25, -0.2) is 0 Å². The molecule has 0 fully saturated rings. The maximum Gasteiger partial charge on any atom is 0.119 e. The fourth-order valence-electron chi connectivity index (χ4n) is 2.10. The van der Waals surface area contributed by atoms with Gasteiger partial charge in [-0.15, -0.1) is 11.3 Å². The van der Waals surface area contributed by atoms with E-state index in [0.29, 0.717) is 0 Å². The third-order valence-corrected chi connectivity index (χ3v) is 4.19. The minimum atomic E-state index is -0.536. The van der Waals surface area contributed by atoms with Crippen LogP contribution in [0.4, 0.5) is 0 Å². The Kier molecular flexibility index (Phi) is 4.04. The van der Waals surface area contributed by atoms with Crippen molar-refractivity contribution in [1.82, 2.24) is 0 Å². The highest BCUT2D eigenvalue weighted by Crippen LogP contribution is 2.32. The molecule has 0 radical (unpaired) electrons. The van der Waals surface area contributed by atoms with Gasteiger partial charge < -0.3 is 9.84 Å². The third-order valence-electron chi connectivity index (χ3n) is 3.18. The summed E-state index contributed by atoms with van der Waals surface area (Å²) in [4.78, 5) is 1.05. The summed E-state index contributed by atoms with van der Waals surface area (Å²) in [6.45, 7) is 4.11. The van der Waals surface area contributed by atoms with Crippen LogP contribution < -0.4 is 4.74 Å². The van der Waals surface area contributed by atoms with Gasteiger partial charge in [-0.05, 0) is 53.6 Å². The summed E-state index contributed by atoms with van der Waals surface area (Å²) < 4.78 is 5.19. The number of ether oxygens (including phenoxy) is 1. The lowest BCUT2D eigenvalue weighted by atomic mass is 9.99. The van der Waals surface area contributed by atoms with Gasteiger partial charge in [0.25, 0.3) is 0 Å². The molecule has 0 aliphatic heterocycles. The summed E-state index contributed by atoms with van der Waals surface area (Å²) in [7, 11) is 1.65. The lowest BCUT2D eigenvalue weighted by molar-refractivity contribution is 0.222. The Balaban J connectivity index is 2.37. The van der Waals surface area contributed by atoms with Crippen LogP contribution in [0.1, 0.15) is 34.6 Å². The SMILES string of the molecule is CCc1ccsc1C(O)c1ccc(OC)cc1C. The molecule has 1 heterocycles. The first-order valence-electron chi connectivity index (χ1n) is 6.06. The molecule has 2 rings (SSSR count). The number of benzene rings is 1. The molecule has 3 heteroatoms. The Bertz CT molecular complexity index is 531. The Morgan fingerprint density at radius 2 is 2.11 bits per heavy atom. The quantitative estimate of drug-likeness (QED) is 0.910. The molecule has 2 aromatic rings. The lowest BCUT2D eigenvalue weighted by Crippen LogP contribution is -2.02. The van der Waals surface area contributed by atoms with E-state index in [1.54, 1.807) is 18.4 Å². The molecule has 96 valence electrons. The molecular formula is C15H18O2S. The monoisotopic (exact) mass is 262 g/mol. The normalized spacial score (nSPS) is 12.4. The van der Waals surface area contributed by atoms with E-state index in [-0.39, 0.29) is 0 Å². The summed E-state index contributed by atoms with van der Waals surface area (Å²) in [5, 5.41) is 12.5. The number of aliphatic hydroxyl groups excluding tert-OH is 1. The Morgan fingerprint density at radius 1 is 1.33 bits per heavy atom. The van der Waals surface area contributed by atoms with Crippen molar-refractivity contribution < 1.29 is 9.84 Å². The van der Waals surface area contributed by atoms with Crippen LogP contribution in [0.2, 0.25) is 0 Å². The summed E-state index contributed by atoms with van der Waals surface area (Å²) in [6.07, 6.45) is 0.413. The zero-order chi connectivity index (χ0) is 13.1. The minimum absolute atomic E-state index is 0.536. The number of methoxy groups -OCH3 is 1. The van der Waals surface area contributed by atoms with E-state index in [2.05, 4.69) is 13.0 Å². The Labute approximate surface area is 112 Å². The number of thiophene rings is 1. The van der Waals surface area contributed by atoms with Gasteiger partial charge in [0.05, 0.1) is 7.11 Å². The predicted octanol–water partition coefficient (Wildman–Crippen LogP) is 3.71. The van der Waals surface area contributed by atoms with Crippen LogP contribution in [0.15, 0.2) is 29.6 Å². The zero-order valence-corrected chi connectivity index (χ0v) is 11.8. The highest BCUT2D eigenvalue weighted by Gasteiger charge is 2.17. The molecule has 2 nitrogen and oxygen atoms in total. The van der Waals surface area contributed by atoms with Crippen molar-refractivity contribution in [3.05, 3.63) is 51.2 Å². The summed E-state index contributed by atoms with van der Waals surface area (Å²) >= 11 is 1.61. The molecular weight excluding hydrogens is 244 g/mol. The topological polar surface area (TPSA) is 29.5 Å². The van der Waals surface area contributed by atoms with Crippen LogP contribution in [0.3, 0.4) is 0 Å². The number of rotatable bonds is 4. The van der Waals surface area contributed by atoms with Crippen molar-refractivity contribution in [2.24, 2.45) is 0 Å². The lowest BCUT2D eigenvalue weighted by Gasteiger charge is -2.15. The van der Waals surface area contributed by atoms with Gasteiger partial charge in [-0.1, -0.05) is 13.0 Å². The average Bonchev–Trinajstić information content (AvgIpc) is 2.86. The highest BCUT2D eigenvalue weighted by molar-refractivity contribution is 7.10. The number of hydrogen-bond acceptors (Lipinski definition) is 3. The zero-order valence-electron chi connectivity index (χ0n) is 10.9. The second-order valence-corrected chi connectivity index (χ2v) is 5.24. The van der Waals surface area contributed by atoms with E-state index in [0.717, 1.165) is 28.2 Å². The summed E-state index contributed by atoms with van der Waals surface area (Å²) in [5.74, 6) is 0.824. The Morgan fingerprint density at radius 3 is 2.72 bits per heavy atom. The molecule has 0 bridgehead atoms. The van der Waals surface area contributed by atoms with Crippen molar-refractivity contribution in [3.8, 4) is 5.75 Å². The van der Waals surface area contributed by atoms with Gasteiger partial charge in [-0.2, -0.15) is 0 Å². The van der Waals surface area contributed by atoms with E-state index in [9.17, 15) is 5.11 Å². The first-order chi connectivity index (χ1) is 8.67. The van der Waals surface area contributed by atoms with Crippen LogP contribution in [-0.2, 0) is 6.42 Å². The summed E-state index contributed by atoms with van der Waals surface area (Å²) in [5.41, 5.74) is 3.23. The van der Waals surface area contributed by atoms with Crippen LogP contribution in [0.25, 0.3) is 0 Å². The molecule has 1 aromatic carbocycles. The van der Waals surface area contributed by atoms with Crippen molar-refractivity contribution in [2.45, 2.75) is 26.4 Å². The van der Waals surface area contributed by atoms with Crippen LogP contribution in [0.5, 0.6) is 5.75 Å². The van der Waals surface area contributed by atoms with Crippen molar-refractivity contribution in [3.63, 3.8) is 0 Å². The van der Waals surface area contributed by atoms with Crippen LogP contribution >= 0.6 is 11.3 Å². The fraction of sp³-hybridized carbons (Fsp3) is 0.333. The molecule has 0 aliphatic carbocycles. The predicted molar refractivity (Wildman–Crippen MR) is 75.5 cm³/mol. The molecule has 1 aromatic heterocycles. The number of aliphatic hydroxyl groups is 1. The van der Waals surface area contributed by atoms with E-state index in [1.807, 2.05) is 30.5 Å². The number of hydrogen-bond donors (Lipinski definition) is 1. The third kappa shape index (κ3) is 2.42. The van der Waals surface area contributed by atoms with E-state index in [1.165, 1.54) is 5.56 Å². The molecule has 18 heavy (non-hydrogen) atoms. The molecule has 0 amide bonds. The van der Waals surface area contributed by atoms with Crippen LogP contribution in [0, 0.1) is 6.92 Å². The largest absolute Gasteiger partial charge is 0.497 e. The summed E-state index contributed by atoms with van der Waals surface area (Å²) in [6, 6.07) is 7.88. The van der Waals surface area contributed by atoms with E-state index >= 15 is 0 Å². The van der Waals surface area contributed by atoms with Crippen molar-refractivity contribution >= 4 is 11.3 Å². The first kappa shape index (κ1) is 13.1. The van der Waals surface area contributed by atoms with Crippen molar-refractivity contribution in [1.29, 1.82) is 0 Å². The molecule has 1 atom stereocenters. The second-order valence-electron chi connectivity index (χ2n) is 4.29. The maximum atomic E-state index is 10.5. The molecule has 1 unspecified atom stereocenters. The smallest absolute Gasteiger partial charge is 0.119 e. The standard InChI is InChI=1S/C15H18O2S/c1-4-11-7-8-18-15(11)14(16)13-6-5-12(17-3)9-10(13)2/h5-9,14,16H,4H2,1-3H3. The highest BCUT2D eigenvalue weighted by atomic mass is 32.1. The molecule has 0 saturated heterocycles.